The average molecular weight is 418 g/mol. The van der Waals surface area contributed by atoms with E-state index in [1.54, 1.807) is 55.7 Å². The maximum Gasteiger partial charge on any atom is 0.339 e. The first-order valence-corrected chi connectivity index (χ1v) is 9.94. The van der Waals surface area contributed by atoms with Crippen LogP contribution in [0.1, 0.15) is 44.5 Å². The van der Waals surface area contributed by atoms with E-state index in [4.69, 9.17) is 9.15 Å². The second kappa shape index (κ2) is 8.47. The predicted octanol–water partition coefficient (Wildman–Crippen LogP) is 3.00. The van der Waals surface area contributed by atoms with Gasteiger partial charge < -0.3 is 19.8 Å². The SMILES string of the molecule is CC1(C(=O)NCc2cccc(C(=O)NCc3ccco3)c2)Cc2ccccc2C(=O)O1. The number of fused-ring (bicyclic) bond motifs is 1. The van der Waals surface area contributed by atoms with Crippen molar-refractivity contribution in [1.82, 2.24) is 10.6 Å². The van der Waals surface area contributed by atoms with Crippen LogP contribution in [0.5, 0.6) is 0 Å². The Bertz CT molecular complexity index is 1120. The largest absolute Gasteiger partial charge is 0.467 e. The summed E-state index contributed by atoms with van der Waals surface area (Å²) in [6, 6.07) is 17.6. The van der Waals surface area contributed by atoms with Gasteiger partial charge in [0, 0.05) is 18.5 Å². The smallest absolute Gasteiger partial charge is 0.339 e. The lowest BCUT2D eigenvalue weighted by Gasteiger charge is -2.33. The predicted molar refractivity (Wildman–Crippen MR) is 112 cm³/mol. The third kappa shape index (κ3) is 4.50. The van der Waals surface area contributed by atoms with Gasteiger partial charge in [-0.25, -0.2) is 4.79 Å². The van der Waals surface area contributed by atoms with Crippen LogP contribution < -0.4 is 10.6 Å². The molecule has 7 heteroatoms. The summed E-state index contributed by atoms with van der Waals surface area (Å²) in [5.74, 6) is -0.472. The van der Waals surface area contributed by atoms with E-state index < -0.39 is 11.6 Å². The molecule has 1 aliphatic rings. The van der Waals surface area contributed by atoms with E-state index in [1.165, 1.54) is 0 Å². The summed E-state index contributed by atoms with van der Waals surface area (Å²) in [5.41, 5.74) is 1.21. The van der Waals surface area contributed by atoms with Gasteiger partial charge >= 0.3 is 5.97 Å². The first-order valence-electron chi connectivity index (χ1n) is 9.94. The Balaban J connectivity index is 1.38. The van der Waals surface area contributed by atoms with E-state index in [2.05, 4.69) is 10.6 Å². The van der Waals surface area contributed by atoms with Crippen LogP contribution in [-0.4, -0.2) is 23.4 Å². The van der Waals surface area contributed by atoms with Crippen LogP contribution in [0.25, 0.3) is 0 Å². The Labute approximate surface area is 179 Å². The third-order valence-corrected chi connectivity index (χ3v) is 5.21. The summed E-state index contributed by atoms with van der Waals surface area (Å²) in [6.45, 7) is 2.10. The Hall–Kier alpha value is -3.87. The lowest BCUT2D eigenvalue weighted by molar-refractivity contribution is -0.139. The van der Waals surface area contributed by atoms with Gasteiger partial charge in [-0.05, 0) is 48.4 Å². The molecule has 0 saturated heterocycles. The molecule has 7 nitrogen and oxygen atoms in total. The van der Waals surface area contributed by atoms with Crippen LogP contribution in [0.3, 0.4) is 0 Å². The number of hydrogen-bond donors (Lipinski definition) is 2. The van der Waals surface area contributed by atoms with E-state index in [-0.39, 0.29) is 24.9 Å². The van der Waals surface area contributed by atoms with Gasteiger partial charge in [-0.2, -0.15) is 0 Å². The van der Waals surface area contributed by atoms with E-state index in [9.17, 15) is 14.4 Å². The molecule has 1 aromatic heterocycles. The number of amides is 2. The van der Waals surface area contributed by atoms with Crippen molar-refractivity contribution in [3.05, 3.63) is 94.9 Å². The van der Waals surface area contributed by atoms with Crippen molar-refractivity contribution in [3.8, 4) is 0 Å². The summed E-state index contributed by atoms with van der Waals surface area (Å²) in [6.07, 6.45) is 1.85. The van der Waals surface area contributed by atoms with Crippen molar-refractivity contribution in [2.75, 3.05) is 0 Å². The number of benzene rings is 2. The van der Waals surface area contributed by atoms with Gasteiger partial charge in [0.05, 0.1) is 18.4 Å². The average Bonchev–Trinajstić information content (AvgIpc) is 3.29. The van der Waals surface area contributed by atoms with E-state index in [1.807, 2.05) is 18.2 Å². The fourth-order valence-electron chi connectivity index (χ4n) is 3.53. The normalized spacial score (nSPS) is 17.4. The number of ether oxygens (including phenoxy) is 1. The van der Waals surface area contributed by atoms with Crippen LogP contribution in [0.4, 0.5) is 0 Å². The van der Waals surface area contributed by atoms with Gasteiger partial charge in [0.25, 0.3) is 11.8 Å². The number of hydrogen-bond acceptors (Lipinski definition) is 5. The molecule has 0 radical (unpaired) electrons. The van der Waals surface area contributed by atoms with Crippen LogP contribution in [0, 0.1) is 0 Å². The Morgan fingerprint density at radius 2 is 1.84 bits per heavy atom. The highest BCUT2D eigenvalue weighted by molar-refractivity contribution is 5.97. The molecule has 2 heterocycles. The molecule has 2 amide bonds. The molecule has 158 valence electrons. The summed E-state index contributed by atoms with van der Waals surface area (Å²) in [7, 11) is 0. The van der Waals surface area contributed by atoms with E-state index in [0.717, 1.165) is 11.1 Å². The highest BCUT2D eigenvalue weighted by atomic mass is 16.6. The number of esters is 1. The minimum atomic E-state index is -1.29. The molecule has 1 aliphatic heterocycles. The molecule has 0 spiro atoms. The van der Waals surface area contributed by atoms with Crippen molar-refractivity contribution in [1.29, 1.82) is 0 Å². The minimum Gasteiger partial charge on any atom is -0.467 e. The molecule has 3 aromatic rings. The molecular weight excluding hydrogens is 396 g/mol. The molecular formula is C24H22N2O5. The number of carbonyl (C=O) groups excluding carboxylic acids is 3. The van der Waals surface area contributed by atoms with Gasteiger partial charge in [-0.3, -0.25) is 9.59 Å². The van der Waals surface area contributed by atoms with Crippen LogP contribution >= 0.6 is 0 Å². The molecule has 2 aromatic carbocycles. The molecule has 0 fully saturated rings. The van der Waals surface area contributed by atoms with Crippen molar-refractivity contribution >= 4 is 17.8 Å². The van der Waals surface area contributed by atoms with Crippen LogP contribution in [-0.2, 0) is 29.0 Å². The Morgan fingerprint density at radius 3 is 2.65 bits per heavy atom. The summed E-state index contributed by atoms with van der Waals surface area (Å²) in [4.78, 5) is 37.5. The van der Waals surface area contributed by atoms with Crippen molar-refractivity contribution in [2.24, 2.45) is 0 Å². The second-order valence-corrected chi connectivity index (χ2v) is 7.60. The highest BCUT2D eigenvalue weighted by Gasteiger charge is 2.42. The number of carbonyl (C=O) groups is 3. The van der Waals surface area contributed by atoms with Crippen molar-refractivity contribution < 1.29 is 23.5 Å². The molecule has 2 N–H and O–H groups in total. The molecule has 4 rings (SSSR count). The second-order valence-electron chi connectivity index (χ2n) is 7.60. The minimum absolute atomic E-state index is 0.201. The monoisotopic (exact) mass is 418 g/mol. The van der Waals surface area contributed by atoms with Gasteiger partial charge in [-0.1, -0.05) is 30.3 Å². The van der Waals surface area contributed by atoms with E-state index in [0.29, 0.717) is 23.3 Å². The Morgan fingerprint density at radius 1 is 1.00 bits per heavy atom. The first-order chi connectivity index (χ1) is 14.9. The highest BCUT2D eigenvalue weighted by Crippen LogP contribution is 2.28. The van der Waals surface area contributed by atoms with E-state index >= 15 is 0 Å². The number of nitrogens with one attached hydrogen (secondary N) is 2. The van der Waals surface area contributed by atoms with Gasteiger partial charge in [0.1, 0.15) is 5.76 Å². The van der Waals surface area contributed by atoms with Crippen LogP contribution in [0.2, 0.25) is 0 Å². The summed E-state index contributed by atoms with van der Waals surface area (Å²) in [5, 5.41) is 5.61. The molecule has 0 bridgehead atoms. The summed E-state index contributed by atoms with van der Waals surface area (Å²) >= 11 is 0. The molecule has 31 heavy (non-hydrogen) atoms. The van der Waals surface area contributed by atoms with Crippen molar-refractivity contribution in [3.63, 3.8) is 0 Å². The molecule has 1 atom stereocenters. The molecule has 1 unspecified atom stereocenters. The molecule has 0 aliphatic carbocycles. The number of cyclic esters (lactones) is 1. The van der Waals surface area contributed by atoms with Gasteiger partial charge in [0.2, 0.25) is 0 Å². The zero-order chi connectivity index (χ0) is 21.8. The third-order valence-electron chi connectivity index (χ3n) is 5.21. The topological polar surface area (TPSA) is 97.6 Å². The van der Waals surface area contributed by atoms with Crippen molar-refractivity contribution in [2.45, 2.75) is 32.0 Å². The maximum atomic E-state index is 12.8. The molecule has 0 saturated carbocycles. The van der Waals surface area contributed by atoms with Gasteiger partial charge in [0.15, 0.2) is 5.60 Å². The summed E-state index contributed by atoms with van der Waals surface area (Å²) < 4.78 is 10.7. The van der Waals surface area contributed by atoms with Gasteiger partial charge in [-0.15, -0.1) is 0 Å². The first kappa shape index (κ1) is 20.4. The Kier molecular flexibility index (Phi) is 5.58. The lowest BCUT2D eigenvalue weighted by Crippen LogP contribution is -2.51. The lowest BCUT2D eigenvalue weighted by atomic mass is 9.89. The fourth-order valence-corrected chi connectivity index (χ4v) is 3.53. The quantitative estimate of drug-likeness (QED) is 0.600. The zero-order valence-electron chi connectivity index (χ0n) is 17.0. The number of furan rings is 1. The standard InChI is InChI=1S/C24H22N2O5/c1-24(13-18-7-2-3-10-20(18)22(28)31-24)23(29)26-14-16-6-4-8-17(12-16)21(27)25-15-19-9-5-11-30-19/h2-12H,13-15H2,1H3,(H,25,27)(H,26,29). The fraction of sp³-hybridized carbons (Fsp3) is 0.208. The van der Waals surface area contributed by atoms with Crippen LogP contribution in [0.15, 0.2) is 71.3 Å². The zero-order valence-corrected chi connectivity index (χ0v) is 17.0. The number of rotatable bonds is 6. The maximum absolute atomic E-state index is 12.8.